The molecule has 0 aromatic heterocycles. The van der Waals surface area contributed by atoms with Crippen molar-refractivity contribution in [3.63, 3.8) is 0 Å². The Morgan fingerprint density at radius 3 is 2.47 bits per heavy atom. The molecule has 0 aliphatic carbocycles. The Balaban J connectivity index is 1.92. The van der Waals surface area contributed by atoms with Crippen molar-refractivity contribution in [1.29, 1.82) is 0 Å². The molecule has 2 heteroatoms. The monoisotopic (exact) mass is 254 g/mol. The van der Waals surface area contributed by atoms with Gasteiger partial charge >= 0.3 is 0 Å². The molecule has 0 bridgehead atoms. The molecule has 2 N–H and O–H groups in total. The lowest BCUT2D eigenvalue weighted by molar-refractivity contribution is 0.645. The van der Waals surface area contributed by atoms with Crippen molar-refractivity contribution < 1.29 is 0 Å². The summed E-state index contributed by atoms with van der Waals surface area (Å²) in [7, 11) is 2.12. The summed E-state index contributed by atoms with van der Waals surface area (Å²) in [6.45, 7) is 3.08. The van der Waals surface area contributed by atoms with E-state index >= 15 is 0 Å². The molecule has 2 rings (SSSR count). The maximum atomic E-state index is 6.22. The van der Waals surface area contributed by atoms with Crippen LogP contribution in [0.25, 0.3) is 0 Å². The maximum absolute atomic E-state index is 6.22. The molecule has 0 spiro atoms. The molecule has 2 aromatic rings. The maximum Gasteiger partial charge on any atom is 0.0366 e. The minimum atomic E-state index is 0.105. The van der Waals surface area contributed by atoms with Crippen LogP contribution in [0.2, 0.25) is 0 Å². The SMILES string of the molecule is Cc1cccc(N(C)CCC(N)c2ccccc2)c1. The number of nitrogens with two attached hydrogens (primary N) is 1. The van der Waals surface area contributed by atoms with Crippen LogP contribution in [0.3, 0.4) is 0 Å². The third-order valence-electron chi connectivity index (χ3n) is 3.45. The molecule has 0 radical (unpaired) electrons. The van der Waals surface area contributed by atoms with Crippen LogP contribution in [0.5, 0.6) is 0 Å². The number of rotatable bonds is 5. The van der Waals surface area contributed by atoms with Gasteiger partial charge in [0.25, 0.3) is 0 Å². The molecule has 2 nitrogen and oxygen atoms in total. The summed E-state index contributed by atoms with van der Waals surface area (Å²) in [5, 5.41) is 0. The number of hydrogen-bond donors (Lipinski definition) is 1. The van der Waals surface area contributed by atoms with E-state index in [1.54, 1.807) is 0 Å². The fraction of sp³-hybridized carbons (Fsp3) is 0.294. The molecule has 0 aliphatic rings. The normalized spacial score (nSPS) is 12.2. The van der Waals surface area contributed by atoms with Gasteiger partial charge in [0.1, 0.15) is 0 Å². The molecule has 0 heterocycles. The first-order valence-corrected chi connectivity index (χ1v) is 6.75. The Kier molecular flexibility index (Phi) is 4.58. The predicted molar refractivity (Wildman–Crippen MR) is 82.4 cm³/mol. The number of benzene rings is 2. The fourth-order valence-electron chi connectivity index (χ4n) is 2.19. The molecule has 2 aromatic carbocycles. The van der Waals surface area contributed by atoms with E-state index in [2.05, 4.69) is 55.3 Å². The van der Waals surface area contributed by atoms with Gasteiger partial charge in [0.15, 0.2) is 0 Å². The lowest BCUT2D eigenvalue weighted by atomic mass is 10.0. The third-order valence-corrected chi connectivity index (χ3v) is 3.45. The van der Waals surface area contributed by atoms with Crippen LogP contribution >= 0.6 is 0 Å². The third kappa shape index (κ3) is 3.83. The molecule has 0 saturated heterocycles. The first-order chi connectivity index (χ1) is 9.16. The number of hydrogen-bond acceptors (Lipinski definition) is 2. The van der Waals surface area contributed by atoms with E-state index in [9.17, 15) is 0 Å². The summed E-state index contributed by atoms with van der Waals surface area (Å²) in [6.07, 6.45) is 0.953. The van der Waals surface area contributed by atoms with E-state index < -0.39 is 0 Å². The summed E-state index contributed by atoms with van der Waals surface area (Å²) in [5.41, 5.74) is 9.97. The highest BCUT2D eigenvalue weighted by Gasteiger charge is 2.07. The Morgan fingerprint density at radius 2 is 1.79 bits per heavy atom. The summed E-state index contributed by atoms with van der Waals surface area (Å²) in [6, 6.07) is 19.0. The molecule has 19 heavy (non-hydrogen) atoms. The summed E-state index contributed by atoms with van der Waals surface area (Å²) in [4.78, 5) is 2.26. The van der Waals surface area contributed by atoms with Crippen LogP contribution in [0, 0.1) is 6.92 Å². The highest BCUT2D eigenvalue weighted by molar-refractivity contribution is 5.47. The first-order valence-electron chi connectivity index (χ1n) is 6.75. The van der Waals surface area contributed by atoms with Gasteiger partial charge in [-0.3, -0.25) is 0 Å². The van der Waals surface area contributed by atoms with Crippen molar-refractivity contribution in [3.8, 4) is 0 Å². The van der Waals surface area contributed by atoms with Gasteiger partial charge in [-0.25, -0.2) is 0 Å². The molecular formula is C17H22N2. The molecule has 0 amide bonds. The van der Waals surface area contributed by atoms with E-state index in [0.717, 1.165) is 13.0 Å². The first kappa shape index (κ1) is 13.6. The van der Waals surface area contributed by atoms with Gasteiger partial charge in [0, 0.05) is 25.3 Å². The number of aryl methyl sites for hydroxylation is 1. The van der Waals surface area contributed by atoms with Crippen LogP contribution < -0.4 is 10.6 Å². The van der Waals surface area contributed by atoms with Gasteiger partial charge < -0.3 is 10.6 Å². The molecule has 1 atom stereocenters. The topological polar surface area (TPSA) is 29.3 Å². The highest BCUT2D eigenvalue weighted by atomic mass is 15.1. The zero-order valence-corrected chi connectivity index (χ0v) is 11.7. The van der Waals surface area contributed by atoms with Gasteiger partial charge in [0.05, 0.1) is 0 Å². The standard InChI is InChI=1S/C17H22N2/c1-14-7-6-10-16(13-14)19(2)12-11-17(18)15-8-4-3-5-9-15/h3-10,13,17H,11-12,18H2,1-2H3. The predicted octanol–water partition coefficient (Wildman–Crippen LogP) is 3.52. The second-order valence-electron chi connectivity index (χ2n) is 5.07. The average molecular weight is 254 g/mol. The number of nitrogens with zero attached hydrogens (tertiary/aromatic N) is 1. The highest BCUT2D eigenvalue weighted by Crippen LogP contribution is 2.18. The molecule has 0 aliphatic heterocycles. The van der Waals surface area contributed by atoms with E-state index in [-0.39, 0.29) is 6.04 Å². The smallest absolute Gasteiger partial charge is 0.0366 e. The van der Waals surface area contributed by atoms with Crippen molar-refractivity contribution >= 4 is 5.69 Å². The minimum Gasteiger partial charge on any atom is -0.375 e. The van der Waals surface area contributed by atoms with Crippen LogP contribution in [0.4, 0.5) is 5.69 Å². The zero-order chi connectivity index (χ0) is 13.7. The molecule has 0 saturated carbocycles. The molecule has 100 valence electrons. The largest absolute Gasteiger partial charge is 0.375 e. The van der Waals surface area contributed by atoms with Crippen LogP contribution in [-0.2, 0) is 0 Å². The van der Waals surface area contributed by atoms with Gasteiger partial charge in [-0.2, -0.15) is 0 Å². The summed E-state index contributed by atoms with van der Waals surface area (Å²) in [5.74, 6) is 0. The summed E-state index contributed by atoms with van der Waals surface area (Å²) >= 11 is 0. The van der Waals surface area contributed by atoms with E-state index in [1.165, 1.54) is 16.8 Å². The zero-order valence-electron chi connectivity index (χ0n) is 11.7. The van der Waals surface area contributed by atoms with Gasteiger partial charge in [0.2, 0.25) is 0 Å². The lowest BCUT2D eigenvalue weighted by Gasteiger charge is -2.22. The van der Waals surface area contributed by atoms with Gasteiger partial charge in [-0.15, -0.1) is 0 Å². The van der Waals surface area contributed by atoms with Crippen LogP contribution in [0.1, 0.15) is 23.6 Å². The minimum absolute atomic E-state index is 0.105. The Morgan fingerprint density at radius 1 is 1.05 bits per heavy atom. The average Bonchev–Trinajstić information content (AvgIpc) is 2.45. The Labute approximate surface area is 115 Å². The van der Waals surface area contributed by atoms with Crippen LogP contribution in [-0.4, -0.2) is 13.6 Å². The van der Waals surface area contributed by atoms with Crippen molar-refractivity contribution in [2.45, 2.75) is 19.4 Å². The van der Waals surface area contributed by atoms with Crippen molar-refractivity contribution in [2.75, 3.05) is 18.5 Å². The van der Waals surface area contributed by atoms with E-state index in [0.29, 0.717) is 0 Å². The van der Waals surface area contributed by atoms with Crippen molar-refractivity contribution in [2.24, 2.45) is 5.73 Å². The molecular weight excluding hydrogens is 232 g/mol. The Bertz CT molecular complexity index is 508. The Hall–Kier alpha value is -1.80. The van der Waals surface area contributed by atoms with Gasteiger partial charge in [-0.1, -0.05) is 42.5 Å². The van der Waals surface area contributed by atoms with Crippen molar-refractivity contribution in [1.82, 2.24) is 0 Å². The lowest BCUT2D eigenvalue weighted by Crippen LogP contribution is -2.23. The van der Waals surface area contributed by atoms with E-state index in [4.69, 9.17) is 5.73 Å². The van der Waals surface area contributed by atoms with Gasteiger partial charge in [-0.05, 0) is 36.6 Å². The van der Waals surface area contributed by atoms with E-state index in [1.807, 2.05) is 18.2 Å². The fourth-order valence-corrected chi connectivity index (χ4v) is 2.19. The van der Waals surface area contributed by atoms with Crippen molar-refractivity contribution in [3.05, 3.63) is 65.7 Å². The second kappa shape index (κ2) is 6.39. The quantitative estimate of drug-likeness (QED) is 0.884. The molecule has 0 fully saturated rings. The second-order valence-corrected chi connectivity index (χ2v) is 5.07. The van der Waals surface area contributed by atoms with Crippen LogP contribution in [0.15, 0.2) is 54.6 Å². The number of anilines is 1. The molecule has 1 unspecified atom stereocenters. The summed E-state index contributed by atoms with van der Waals surface area (Å²) < 4.78 is 0.